The van der Waals surface area contributed by atoms with E-state index in [1.54, 1.807) is 67.8 Å². The SMILES string of the molecule is COc1ccc(/C=N/NC(=O)CSc2nc3ccccc3c(=O)n2Cc2ccc(S(N)(=O)=O)cc2)cc1. The van der Waals surface area contributed by atoms with Crippen molar-refractivity contribution in [1.82, 2.24) is 15.0 Å². The Hall–Kier alpha value is -4.00. The molecule has 0 radical (unpaired) electrons. The molecule has 1 aromatic heterocycles. The molecule has 1 amide bonds. The second kappa shape index (κ2) is 11.4. The summed E-state index contributed by atoms with van der Waals surface area (Å²) in [6.07, 6.45) is 1.51. The van der Waals surface area contributed by atoms with Crippen molar-refractivity contribution in [2.24, 2.45) is 10.2 Å². The van der Waals surface area contributed by atoms with Crippen LogP contribution in [0, 0.1) is 0 Å². The fraction of sp³-hybridized carbons (Fsp3) is 0.120. The van der Waals surface area contributed by atoms with E-state index in [-0.39, 0.29) is 28.7 Å². The Kier molecular flexibility index (Phi) is 8.01. The van der Waals surface area contributed by atoms with Crippen LogP contribution in [-0.2, 0) is 21.4 Å². The van der Waals surface area contributed by atoms with Crippen LogP contribution in [0.25, 0.3) is 10.9 Å². The number of nitrogens with two attached hydrogens (primary N) is 1. The van der Waals surface area contributed by atoms with E-state index in [1.807, 2.05) is 0 Å². The number of aromatic nitrogens is 2. The van der Waals surface area contributed by atoms with Crippen molar-refractivity contribution in [1.29, 1.82) is 0 Å². The summed E-state index contributed by atoms with van der Waals surface area (Å²) in [5, 5.41) is 9.91. The van der Waals surface area contributed by atoms with Crippen LogP contribution in [0.2, 0.25) is 0 Å². The lowest BCUT2D eigenvalue weighted by atomic mass is 10.2. The number of amides is 1. The third-order valence-electron chi connectivity index (χ3n) is 5.27. The Labute approximate surface area is 217 Å². The van der Waals surface area contributed by atoms with Crippen molar-refractivity contribution in [3.8, 4) is 5.75 Å². The molecule has 0 saturated heterocycles. The van der Waals surface area contributed by atoms with Gasteiger partial charge in [0.25, 0.3) is 11.5 Å². The van der Waals surface area contributed by atoms with E-state index >= 15 is 0 Å². The van der Waals surface area contributed by atoms with E-state index < -0.39 is 10.0 Å². The first-order chi connectivity index (χ1) is 17.7. The van der Waals surface area contributed by atoms with Crippen LogP contribution in [0.3, 0.4) is 0 Å². The van der Waals surface area contributed by atoms with Crippen LogP contribution in [0.5, 0.6) is 5.75 Å². The summed E-state index contributed by atoms with van der Waals surface area (Å²) in [6, 6.07) is 20.0. The van der Waals surface area contributed by atoms with Gasteiger partial charge in [0.15, 0.2) is 5.16 Å². The molecule has 0 fully saturated rings. The van der Waals surface area contributed by atoms with Gasteiger partial charge in [-0.25, -0.2) is 24.0 Å². The van der Waals surface area contributed by atoms with Crippen LogP contribution in [0.4, 0.5) is 0 Å². The van der Waals surface area contributed by atoms with Crippen LogP contribution in [0.1, 0.15) is 11.1 Å². The molecule has 4 aromatic rings. The molecule has 0 unspecified atom stereocenters. The van der Waals surface area contributed by atoms with Crippen molar-refractivity contribution < 1.29 is 17.9 Å². The highest BCUT2D eigenvalue weighted by Gasteiger charge is 2.14. The minimum absolute atomic E-state index is 0.0262. The van der Waals surface area contributed by atoms with Crippen LogP contribution >= 0.6 is 11.8 Å². The molecule has 0 spiro atoms. The van der Waals surface area contributed by atoms with Gasteiger partial charge in [-0.2, -0.15) is 5.10 Å². The number of hydrogen-bond acceptors (Lipinski definition) is 8. The lowest BCUT2D eigenvalue weighted by Crippen LogP contribution is -2.25. The molecule has 3 N–H and O–H groups in total. The molecule has 0 saturated carbocycles. The maximum atomic E-state index is 13.3. The Balaban J connectivity index is 1.52. The number of sulfonamides is 1. The summed E-state index contributed by atoms with van der Waals surface area (Å²) in [7, 11) is -2.25. The summed E-state index contributed by atoms with van der Waals surface area (Å²) >= 11 is 1.10. The fourth-order valence-electron chi connectivity index (χ4n) is 3.40. The van der Waals surface area contributed by atoms with E-state index in [0.29, 0.717) is 27.4 Å². The van der Waals surface area contributed by atoms with Crippen molar-refractivity contribution in [2.75, 3.05) is 12.9 Å². The molecule has 0 atom stereocenters. The highest BCUT2D eigenvalue weighted by atomic mass is 32.2. The number of fused-ring (bicyclic) bond motifs is 1. The van der Waals surface area contributed by atoms with Gasteiger partial charge in [0, 0.05) is 0 Å². The third-order valence-corrected chi connectivity index (χ3v) is 7.18. The van der Waals surface area contributed by atoms with Gasteiger partial charge in [-0.15, -0.1) is 0 Å². The van der Waals surface area contributed by atoms with Crippen molar-refractivity contribution in [3.05, 3.63) is 94.3 Å². The number of nitrogens with zero attached hydrogens (tertiary/aromatic N) is 3. The number of primary sulfonamides is 1. The van der Waals surface area contributed by atoms with Crippen LogP contribution in [-0.4, -0.2) is 43.0 Å². The number of carbonyl (C=O) groups is 1. The Morgan fingerprint density at radius 3 is 2.49 bits per heavy atom. The number of para-hydroxylation sites is 1. The average molecular weight is 538 g/mol. The maximum absolute atomic E-state index is 13.3. The van der Waals surface area contributed by atoms with E-state index in [9.17, 15) is 18.0 Å². The van der Waals surface area contributed by atoms with Crippen molar-refractivity contribution >= 4 is 44.8 Å². The second-order valence-corrected chi connectivity index (χ2v) is 10.4. The molecular formula is C25H23N5O5S2. The zero-order chi connectivity index (χ0) is 26.4. The molecule has 37 heavy (non-hydrogen) atoms. The summed E-state index contributed by atoms with van der Waals surface area (Å²) in [4.78, 5) is 30.2. The van der Waals surface area contributed by atoms with Gasteiger partial charge in [0.2, 0.25) is 10.0 Å². The number of ether oxygens (including phenoxy) is 1. The zero-order valence-corrected chi connectivity index (χ0v) is 21.3. The van der Waals surface area contributed by atoms with E-state index in [0.717, 1.165) is 17.3 Å². The minimum atomic E-state index is -3.83. The van der Waals surface area contributed by atoms with Gasteiger partial charge in [0.1, 0.15) is 5.75 Å². The van der Waals surface area contributed by atoms with Crippen molar-refractivity contribution in [3.63, 3.8) is 0 Å². The summed E-state index contributed by atoms with van der Waals surface area (Å²) in [6.45, 7) is 0.126. The van der Waals surface area contributed by atoms with Gasteiger partial charge >= 0.3 is 0 Å². The number of thioether (sulfide) groups is 1. The third kappa shape index (κ3) is 6.61. The van der Waals surface area contributed by atoms with E-state index in [2.05, 4.69) is 15.5 Å². The monoisotopic (exact) mass is 537 g/mol. The molecule has 4 rings (SSSR count). The molecule has 0 aliphatic rings. The lowest BCUT2D eigenvalue weighted by molar-refractivity contribution is -0.118. The first-order valence-corrected chi connectivity index (χ1v) is 13.5. The predicted molar refractivity (Wildman–Crippen MR) is 142 cm³/mol. The lowest BCUT2D eigenvalue weighted by Gasteiger charge is -2.13. The van der Waals surface area contributed by atoms with Crippen LogP contribution < -0.4 is 20.9 Å². The fourth-order valence-corrected chi connectivity index (χ4v) is 4.70. The predicted octanol–water partition coefficient (Wildman–Crippen LogP) is 2.34. The number of hydrogen-bond donors (Lipinski definition) is 2. The molecule has 10 nitrogen and oxygen atoms in total. The molecule has 0 aliphatic carbocycles. The van der Waals surface area contributed by atoms with Gasteiger partial charge in [-0.3, -0.25) is 14.2 Å². The van der Waals surface area contributed by atoms with Crippen LogP contribution in [0.15, 0.2) is 92.7 Å². The van der Waals surface area contributed by atoms with Gasteiger partial charge in [-0.05, 0) is 59.7 Å². The molecule has 0 bridgehead atoms. The Morgan fingerprint density at radius 2 is 1.81 bits per heavy atom. The first-order valence-electron chi connectivity index (χ1n) is 10.9. The van der Waals surface area contributed by atoms with E-state index in [4.69, 9.17) is 9.88 Å². The topological polar surface area (TPSA) is 146 Å². The number of hydrazone groups is 1. The number of rotatable bonds is 9. The molecule has 1 heterocycles. The zero-order valence-electron chi connectivity index (χ0n) is 19.7. The normalized spacial score (nSPS) is 11.6. The van der Waals surface area contributed by atoms with E-state index in [1.165, 1.54) is 22.9 Å². The first kappa shape index (κ1) is 26.1. The summed E-state index contributed by atoms with van der Waals surface area (Å²) in [5.41, 5.74) is 4.15. The molecule has 3 aromatic carbocycles. The quantitative estimate of drug-likeness (QED) is 0.144. The summed E-state index contributed by atoms with van der Waals surface area (Å²) in [5.74, 6) is 0.308. The molecular weight excluding hydrogens is 514 g/mol. The molecule has 190 valence electrons. The van der Waals surface area contributed by atoms with Gasteiger partial charge < -0.3 is 4.74 Å². The number of nitrogens with one attached hydrogen (secondary N) is 1. The number of benzene rings is 3. The number of methoxy groups -OCH3 is 1. The highest BCUT2D eigenvalue weighted by Crippen LogP contribution is 2.19. The smallest absolute Gasteiger partial charge is 0.262 e. The maximum Gasteiger partial charge on any atom is 0.262 e. The molecule has 12 heteroatoms. The van der Waals surface area contributed by atoms with Crippen molar-refractivity contribution in [2.45, 2.75) is 16.6 Å². The second-order valence-electron chi connectivity index (χ2n) is 7.85. The highest BCUT2D eigenvalue weighted by molar-refractivity contribution is 7.99. The van der Waals surface area contributed by atoms with Gasteiger partial charge in [0.05, 0.1) is 41.4 Å². The summed E-state index contributed by atoms with van der Waals surface area (Å²) < 4.78 is 29.7. The average Bonchev–Trinajstić information content (AvgIpc) is 2.89. The number of carbonyl (C=O) groups excluding carboxylic acids is 1. The standard InChI is InChI=1S/C25H23N5O5S2/c1-35-19-10-6-17(7-11-19)14-27-29-23(31)16-36-25-28-22-5-3-2-4-21(22)24(32)30(25)15-18-8-12-20(13-9-18)37(26,33)34/h2-14H,15-16H2,1H3,(H,29,31)(H2,26,33,34)/b27-14+. The largest absolute Gasteiger partial charge is 0.497 e. The Bertz CT molecular complexity index is 1620. The minimum Gasteiger partial charge on any atom is -0.497 e. The van der Waals surface area contributed by atoms with Gasteiger partial charge in [-0.1, -0.05) is 36.0 Å². The molecule has 0 aliphatic heterocycles. The Morgan fingerprint density at radius 1 is 1.11 bits per heavy atom.